The molecule has 0 radical (unpaired) electrons. The third kappa shape index (κ3) is 4.32. The van der Waals surface area contributed by atoms with Crippen LogP contribution in [0.3, 0.4) is 0 Å². The number of carbonyl (C=O) groups excluding carboxylic acids is 2. The Balaban J connectivity index is 1.44. The smallest absolute Gasteiger partial charge is 0.248 e. The summed E-state index contributed by atoms with van der Waals surface area (Å²) < 4.78 is 11.4. The van der Waals surface area contributed by atoms with Crippen LogP contribution >= 0.6 is 0 Å². The molecule has 152 valence electrons. The van der Waals surface area contributed by atoms with Gasteiger partial charge in [0.1, 0.15) is 18.0 Å². The van der Waals surface area contributed by atoms with Crippen LogP contribution in [-0.4, -0.2) is 55.7 Å². The first kappa shape index (κ1) is 19.2. The molecule has 0 aromatic heterocycles. The van der Waals surface area contributed by atoms with Crippen LogP contribution in [0.4, 0.5) is 0 Å². The summed E-state index contributed by atoms with van der Waals surface area (Å²) in [6, 6.07) is 8.09. The molecule has 6 heteroatoms. The first-order valence-electron chi connectivity index (χ1n) is 10.4. The number of hydrogen-bond acceptors (Lipinski definition) is 4. The van der Waals surface area contributed by atoms with Crippen LogP contribution < -0.4 is 10.1 Å². The largest absolute Gasteiger partial charge is 0.487 e. The number of benzene rings is 1. The summed E-state index contributed by atoms with van der Waals surface area (Å²) in [6.07, 6.45) is 5.38. The van der Waals surface area contributed by atoms with E-state index in [1.54, 1.807) is 7.11 Å². The van der Waals surface area contributed by atoms with Crippen molar-refractivity contribution in [1.82, 2.24) is 10.2 Å². The second kappa shape index (κ2) is 8.11. The zero-order valence-corrected chi connectivity index (χ0v) is 16.6. The maximum absolute atomic E-state index is 12.5. The lowest BCUT2D eigenvalue weighted by atomic mass is 9.76. The molecule has 0 bridgehead atoms. The standard InChI is InChI=1S/C22H30N2O4/c1-27-15-21(26)24-10-8-22(9-11-24)13-17(12-20(25)23-14-16-6-7-16)18-4-2-3-5-19(18)28-22/h2-5,16-17H,6-15H2,1H3,(H,23,25). The van der Waals surface area contributed by atoms with Gasteiger partial charge in [0, 0.05) is 51.9 Å². The first-order valence-corrected chi connectivity index (χ1v) is 10.4. The van der Waals surface area contributed by atoms with Crippen molar-refractivity contribution in [1.29, 1.82) is 0 Å². The number of ether oxygens (including phenoxy) is 2. The Labute approximate surface area is 166 Å². The van der Waals surface area contributed by atoms with Crippen molar-refractivity contribution in [2.24, 2.45) is 5.92 Å². The second-order valence-corrected chi connectivity index (χ2v) is 8.49. The zero-order chi connectivity index (χ0) is 19.6. The normalized spacial score (nSPS) is 23.0. The fraction of sp³-hybridized carbons (Fsp3) is 0.636. The molecule has 2 amide bonds. The second-order valence-electron chi connectivity index (χ2n) is 8.49. The van der Waals surface area contributed by atoms with E-state index in [1.165, 1.54) is 12.8 Å². The van der Waals surface area contributed by atoms with Crippen molar-refractivity contribution < 1.29 is 19.1 Å². The minimum Gasteiger partial charge on any atom is -0.487 e. The third-order valence-corrected chi connectivity index (χ3v) is 6.32. The van der Waals surface area contributed by atoms with Gasteiger partial charge in [0.15, 0.2) is 0 Å². The van der Waals surface area contributed by atoms with Gasteiger partial charge >= 0.3 is 0 Å². The number of hydrogen-bond donors (Lipinski definition) is 1. The average molecular weight is 386 g/mol. The Bertz CT molecular complexity index is 723. The van der Waals surface area contributed by atoms with Gasteiger partial charge < -0.3 is 19.7 Å². The molecule has 1 aliphatic carbocycles. The summed E-state index contributed by atoms with van der Waals surface area (Å²) in [4.78, 5) is 26.5. The quantitative estimate of drug-likeness (QED) is 0.816. The zero-order valence-electron chi connectivity index (χ0n) is 16.6. The number of methoxy groups -OCH3 is 1. The van der Waals surface area contributed by atoms with Crippen molar-refractivity contribution in [3.05, 3.63) is 29.8 Å². The van der Waals surface area contributed by atoms with Gasteiger partial charge in [-0.05, 0) is 36.8 Å². The van der Waals surface area contributed by atoms with Crippen LogP contribution in [0.25, 0.3) is 0 Å². The van der Waals surface area contributed by atoms with Crippen LogP contribution in [0.15, 0.2) is 24.3 Å². The maximum atomic E-state index is 12.5. The molecule has 3 aliphatic rings. The molecule has 1 saturated heterocycles. The number of carbonyl (C=O) groups is 2. The van der Waals surface area contributed by atoms with Crippen LogP contribution in [-0.2, 0) is 14.3 Å². The molecular weight excluding hydrogens is 356 g/mol. The number of rotatable bonds is 6. The molecule has 1 aromatic carbocycles. The summed E-state index contributed by atoms with van der Waals surface area (Å²) in [5.74, 6) is 1.91. The third-order valence-electron chi connectivity index (χ3n) is 6.32. The summed E-state index contributed by atoms with van der Waals surface area (Å²) in [6.45, 7) is 2.28. The highest BCUT2D eigenvalue weighted by molar-refractivity contribution is 5.78. The van der Waals surface area contributed by atoms with Crippen LogP contribution in [0, 0.1) is 5.92 Å². The van der Waals surface area contributed by atoms with E-state index in [1.807, 2.05) is 23.1 Å². The topological polar surface area (TPSA) is 67.9 Å². The molecule has 2 fully saturated rings. The molecule has 28 heavy (non-hydrogen) atoms. The Morgan fingerprint density at radius 2 is 2.00 bits per heavy atom. The molecule has 2 aliphatic heterocycles. The maximum Gasteiger partial charge on any atom is 0.248 e. The van der Waals surface area contributed by atoms with Gasteiger partial charge in [-0.2, -0.15) is 0 Å². The molecule has 4 rings (SSSR count). The van der Waals surface area contributed by atoms with E-state index in [4.69, 9.17) is 9.47 Å². The van der Waals surface area contributed by atoms with Gasteiger partial charge in [-0.15, -0.1) is 0 Å². The highest BCUT2D eigenvalue weighted by Crippen LogP contribution is 2.46. The molecule has 1 saturated carbocycles. The van der Waals surface area contributed by atoms with Crippen molar-refractivity contribution in [2.45, 2.75) is 50.0 Å². The first-order chi connectivity index (χ1) is 13.6. The van der Waals surface area contributed by atoms with Crippen LogP contribution in [0.5, 0.6) is 5.75 Å². The SMILES string of the molecule is COCC(=O)N1CCC2(CC1)CC(CC(=O)NCC1CC1)c1ccccc1O2. The van der Waals surface area contributed by atoms with Crippen LogP contribution in [0.1, 0.15) is 50.0 Å². The van der Waals surface area contributed by atoms with Crippen LogP contribution in [0.2, 0.25) is 0 Å². The predicted octanol–water partition coefficient (Wildman–Crippen LogP) is 2.48. The molecule has 2 heterocycles. The summed E-state index contributed by atoms with van der Waals surface area (Å²) >= 11 is 0. The fourth-order valence-corrected chi connectivity index (χ4v) is 4.49. The van der Waals surface area contributed by atoms with E-state index in [9.17, 15) is 9.59 Å². The van der Waals surface area contributed by atoms with Crippen molar-refractivity contribution in [3.63, 3.8) is 0 Å². The van der Waals surface area contributed by atoms with Crippen molar-refractivity contribution >= 4 is 11.8 Å². The number of likely N-dealkylation sites (tertiary alicyclic amines) is 1. The van der Waals surface area contributed by atoms with E-state index in [2.05, 4.69) is 11.4 Å². The van der Waals surface area contributed by atoms with Crippen molar-refractivity contribution in [3.8, 4) is 5.75 Å². The lowest BCUT2D eigenvalue weighted by Gasteiger charge is -2.47. The minimum absolute atomic E-state index is 0.0320. The number of amides is 2. The number of piperidine rings is 1. The predicted molar refractivity (Wildman–Crippen MR) is 105 cm³/mol. The molecular formula is C22H30N2O4. The highest BCUT2D eigenvalue weighted by atomic mass is 16.5. The van der Waals surface area contributed by atoms with E-state index < -0.39 is 0 Å². The monoisotopic (exact) mass is 386 g/mol. The van der Waals surface area contributed by atoms with Gasteiger partial charge in [0.25, 0.3) is 0 Å². The van der Waals surface area contributed by atoms with E-state index in [-0.39, 0.29) is 29.9 Å². The molecule has 1 aromatic rings. The van der Waals surface area contributed by atoms with Crippen molar-refractivity contribution in [2.75, 3.05) is 33.4 Å². The summed E-state index contributed by atoms with van der Waals surface area (Å²) in [7, 11) is 1.55. The van der Waals surface area contributed by atoms with E-state index >= 15 is 0 Å². The lowest BCUT2D eigenvalue weighted by molar-refractivity contribution is -0.139. The Kier molecular flexibility index (Phi) is 5.58. The Morgan fingerprint density at radius 3 is 2.71 bits per heavy atom. The number of nitrogens with zero attached hydrogens (tertiary/aromatic N) is 1. The summed E-state index contributed by atoms with van der Waals surface area (Å²) in [5, 5.41) is 3.10. The minimum atomic E-state index is -0.292. The Morgan fingerprint density at radius 1 is 1.25 bits per heavy atom. The number of nitrogens with one attached hydrogen (secondary N) is 1. The van der Waals surface area contributed by atoms with Gasteiger partial charge in [-0.25, -0.2) is 0 Å². The molecule has 1 atom stereocenters. The number of fused-ring (bicyclic) bond motifs is 1. The van der Waals surface area contributed by atoms with Gasteiger partial charge in [0.2, 0.25) is 11.8 Å². The molecule has 1 spiro atoms. The average Bonchev–Trinajstić information content (AvgIpc) is 3.52. The molecule has 6 nitrogen and oxygen atoms in total. The molecule has 1 unspecified atom stereocenters. The van der Waals surface area contributed by atoms with Gasteiger partial charge in [0.05, 0.1) is 0 Å². The van der Waals surface area contributed by atoms with Gasteiger partial charge in [-0.1, -0.05) is 18.2 Å². The fourth-order valence-electron chi connectivity index (χ4n) is 4.49. The van der Waals surface area contributed by atoms with E-state index in [0.29, 0.717) is 25.4 Å². The lowest BCUT2D eigenvalue weighted by Crippen LogP contribution is -2.52. The van der Waals surface area contributed by atoms with E-state index in [0.717, 1.165) is 37.1 Å². The summed E-state index contributed by atoms with van der Waals surface area (Å²) in [5.41, 5.74) is 0.840. The van der Waals surface area contributed by atoms with Gasteiger partial charge in [-0.3, -0.25) is 9.59 Å². The number of para-hydroxylation sites is 1. The highest BCUT2D eigenvalue weighted by Gasteiger charge is 2.44. The molecule has 1 N–H and O–H groups in total. The Hall–Kier alpha value is -2.08.